The lowest BCUT2D eigenvalue weighted by Crippen LogP contribution is -2.56. The molecule has 12 nitrogen and oxygen atoms in total. The molecule has 1 aliphatic rings. The van der Waals surface area contributed by atoms with Gasteiger partial charge in [0.25, 0.3) is 5.91 Å². The third-order valence-electron chi connectivity index (χ3n) is 6.26. The molecule has 39 heavy (non-hydrogen) atoms. The van der Waals surface area contributed by atoms with Gasteiger partial charge in [0.1, 0.15) is 11.7 Å². The number of aliphatic carboxylic acids is 1. The van der Waals surface area contributed by atoms with E-state index in [1.54, 1.807) is 37.5 Å². The van der Waals surface area contributed by atoms with E-state index in [4.69, 9.17) is 4.74 Å². The van der Waals surface area contributed by atoms with E-state index in [0.29, 0.717) is 5.82 Å². The molecule has 0 radical (unpaired) electrons. The van der Waals surface area contributed by atoms with E-state index >= 15 is 0 Å². The van der Waals surface area contributed by atoms with E-state index < -0.39 is 29.9 Å². The third-order valence-corrected chi connectivity index (χ3v) is 6.26. The van der Waals surface area contributed by atoms with Crippen LogP contribution in [0.5, 0.6) is 0 Å². The predicted octanol–water partition coefficient (Wildman–Crippen LogP) is 2.20. The van der Waals surface area contributed by atoms with Crippen molar-refractivity contribution in [3.05, 3.63) is 66.6 Å². The molecule has 2 N–H and O–H groups in total. The number of piperazine rings is 1. The van der Waals surface area contributed by atoms with Crippen molar-refractivity contribution >= 4 is 23.9 Å². The van der Waals surface area contributed by atoms with Crippen LogP contribution in [0.3, 0.4) is 0 Å². The molecule has 0 bridgehead atoms. The van der Waals surface area contributed by atoms with Crippen molar-refractivity contribution in [2.45, 2.75) is 25.8 Å². The number of amides is 3. The summed E-state index contributed by atoms with van der Waals surface area (Å²) in [6, 6.07) is 13.5. The Morgan fingerprint density at radius 3 is 2.36 bits per heavy atom. The van der Waals surface area contributed by atoms with E-state index in [1.165, 1.54) is 14.5 Å². The Labute approximate surface area is 225 Å². The van der Waals surface area contributed by atoms with Crippen LogP contribution in [0.15, 0.2) is 60.9 Å². The summed E-state index contributed by atoms with van der Waals surface area (Å²) in [7, 11) is 0. The summed E-state index contributed by atoms with van der Waals surface area (Å²) in [5, 5.41) is 16.1. The zero-order chi connectivity index (χ0) is 27.8. The number of nitrogens with one attached hydrogen (secondary N) is 1. The zero-order valence-corrected chi connectivity index (χ0v) is 21.5. The number of carboxylic acids is 1. The van der Waals surface area contributed by atoms with Gasteiger partial charge in [-0.2, -0.15) is 5.10 Å². The normalized spacial score (nSPS) is 14.0. The second-order valence-corrected chi connectivity index (χ2v) is 8.89. The van der Waals surface area contributed by atoms with Crippen molar-refractivity contribution in [3.8, 4) is 16.9 Å². The number of carbonyl (C=O) groups is 4. The predicted molar refractivity (Wildman–Crippen MR) is 140 cm³/mol. The summed E-state index contributed by atoms with van der Waals surface area (Å²) in [4.78, 5) is 57.6. The smallest absolute Gasteiger partial charge is 0.409 e. The summed E-state index contributed by atoms with van der Waals surface area (Å²) in [5.74, 6) is -1.70. The van der Waals surface area contributed by atoms with Crippen molar-refractivity contribution in [3.63, 3.8) is 0 Å². The maximum Gasteiger partial charge on any atom is 0.409 e. The van der Waals surface area contributed by atoms with Gasteiger partial charge in [0, 0.05) is 45.0 Å². The molecule has 3 heterocycles. The molecule has 12 heteroatoms. The summed E-state index contributed by atoms with van der Waals surface area (Å²) in [5.41, 5.74) is 1.65. The minimum Gasteiger partial charge on any atom is -0.481 e. The standard InChI is InChI=1S/C27H30N6O6/c1-2-39-27(38)32-15-13-31(14-16-32)26(37)21(9-10-24(34)35)30-25(36)22-17-20(19-7-4-3-5-8-19)18-23(29-22)33-12-6-11-28-33/h3-8,11-12,17-18,21H,2,9-10,13-16H2,1H3,(H,30,36)(H,34,35)/t21-/m0/s1. The Kier molecular flexibility index (Phi) is 8.87. The van der Waals surface area contributed by atoms with Crippen LogP contribution in [0.4, 0.5) is 4.79 Å². The van der Waals surface area contributed by atoms with Crippen LogP contribution >= 0.6 is 0 Å². The van der Waals surface area contributed by atoms with E-state index in [1.807, 2.05) is 30.3 Å². The van der Waals surface area contributed by atoms with Gasteiger partial charge in [0.05, 0.1) is 6.61 Å². The first kappa shape index (κ1) is 27.3. The largest absolute Gasteiger partial charge is 0.481 e. The average molecular weight is 535 g/mol. The van der Waals surface area contributed by atoms with Crippen LogP contribution in [0, 0.1) is 0 Å². The molecule has 3 amide bonds. The van der Waals surface area contributed by atoms with Gasteiger partial charge >= 0.3 is 12.1 Å². The molecule has 1 aromatic carbocycles. The van der Waals surface area contributed by atoms with E-state index in [-0.39, 0.29) is 51.3 Å². The molecule has 0 saturated carbocycles. The van der Waals surface area contributed by atoms with Gasteiger partial charge in [-0.15, -0.1) is 0 Å². The Bertz CT molecular complexity index is 1310. The quantitative estimate of drug-likeness (QED) is 0.425. The highest BCUT2D eigenvalue weighted by Crippen LogP contribution is 2.22. The van der Waals surface area contributed by atoms with Gasteiger partial charge in [0.2, 0.25) is 5.91 Å². The summed E-state index contributed by atoms with van der Waals surface area (Å²) >= 11 is 0. The fraction of sp³-hybridized carbons (Fsp3) is 0.333. The maximum absolute atomic E-state index is 13.4. The van der Waals surface area contributed by atoms with Crippen molar-refractivity contribution in [1.29, 1.82) is 0 Å². The first-order chi connectivity index (χ1) is 18.9. The first-order valence-corrected chi connectivity index (χ1v) is 12.7. The van der Waals surface area contributed by atoms with E-state index in [0.717, 1.165) is 11.1 Å². The number of rotatable bonds is 9. The lowest BCUT2D eigenvalue weighted by molar-refractivity contribution is -0.138. The summed E-state index contributed by atoms with van der Waals surface area (Å²) < 4.78 is 6.54. The Hall–Kier alpha value is -4.74. The maximum atomic E-state index is 13.4. The molecular formula is C27H30N6O6. The Morgan fingerprint density at radius 1 is 1.00 bits per heavy atom. The number of hydrogen-bond acceptors (Lipinski definition) is 7. The van der Waals surface area contributed by atoms with Crippen LogP contribution in [-0.2, 0) is 14.3 Å². The Balaban J connectivity index is 1.55. The molecule has 204 valence electrons. The lowest BCUT2D eigenvalue weighted by atomic mass is 10.0. The van der Waals surface area contributed by atoms with Crippen molar-refractivity contribution in [2.24, 2.45) is 0 Å². The van der Waals surface area contributed by atoms with Crippen molar-refractivity contribution < 1.29 is 29.0 Å². The monoisotopic (exact) mass is 534 g/mol. The van der Waals surface area contributed by atoms with Crippen molar-refractivity contribution in [1.82, 2.24) is 29.9 Å². The molecule has 4 rings (SSSR count). The molecule has 1 aliphatic heterocycles. The number of carbonyl (C=O) groups excluding carboxylic acids is 3. The van der Waals surface area contributed by atoms with Gasteiger partial charge in [-0.25, -0.2) is 14.5 Å². The van der Waals surface area contributed by atoms with Gasteiger partial charge in [0.15, 0.2) is 5.82 Å². The lowest BCUT2D eigenvalue weighted by Gasteiger charge is -2.35. The fourth-order valence-corrected chi connectivity index (χ4v) is 4.25. The van der Waals surface area contributed by atoms with Gasteiger partial charge < -0.3 is 25.0 Å². The second kappa shape index (κ2) is 12.7. The molecule has 1 atom stereocenters. The van der Waals surface area contributed by atoms with Crippen LogP contribution in [0.1, 0.15) is 30.3 Å². The SMILES string of the molecule is CCOC(=O)N1CCN(C(=O)[C@H](CCC(=O)O)NC(=O)c2cc(-c3ccccc3)cc(-n3cccn3)n2)CC1. The van der Waals surface area contributed by atoms with Crippen LogP contribution < -0.4 is 5.32 Å². The summed E-state index contributed by atoms with van der Waals surface area (Å²) in [6.07, 6.45) is 2.45. The number of pyridine rings is 1. The number of benzene rings is 1. The van der Waals surface area contributed by atoms with E-state index in [9.17, 15) is 24.3 Å². The number of ether oxygens (including phenoxy) is 1. The second-order valence-electron chi connectivity index (χ2n) is 8.89. The number of carboxylic acid groups (broad SMARTS) is 1. The highest BCUT2D eigenvalue weighted by molar-refractivity contribution is 5.97. The van der Waals surface area contributed by atoms with Gasteiger partial charge in [-0.1, -0.05) is 30.3 Å². The average Bonchev–Trinajstić information content (AvgIpc) is 3.50. The molecule has 0 spiro atoms. The van der Waals surface area contributed by atoms with Crippen LogP contribution in [-0.4, -0.2) is 92.4 Å². The summed E-state index contributed by atoms with van der Waals surface area (Å²) in [6.45, 7) is 3.00. The fourth-order valence-electron chi connectivity index (χ4n) is 4.25. The van der Waals surface area contributed by atoms with Crippen LogP contribution in [0.25, 0.3) is 16.9 Å². The number of aromatic nitrogens is 3. The van der Waals surface area contributed by atoms with Crippen LogP contribution in [0.2, 0.25) is 0 Å². The van der Waals surface area contributed by atoms with E-state index in [2.05, 4.69) is 15.4 Å². The molecular weight excluding hydrogens is 504 g/mol. The van der Waals surface area contributed by atoms with Gasteiger partial charge in [-0.05, 0) is 42.7 Å². The highest BCUT2D eigenvalue weighted by atomic mass is 16.6. The highest BCUT2D eigenvalue weighted by Gasteiger charge is 2.31. The van der Waals surface area contributed by atoms with Crippen molar-refractivity contribution in [2.75, 3.05) is 32.8 Å². The molecule has 2 aromatic heterocycles. The third kappa shape index (κ3) is 6.98. The minimum atomic E-state index is -1.09. The first-order valence-electron chi connectivity index (χ1n) is 12.7. The molecule has 0 unspecified atom stereocenters. The van der Waals surface area contributed by atoms with Gasteiger partial charge in [-0.3, -0.25) is 14.4 Å². The molecule has 1 saturated heterocycles. The topological polar surface area (TPSA) is 147 Å². The number of nitrogens with zero attached hydrogens (tertiary/aromatic N) is 5. The molecule has 0 aliphatic carbocycles. The molecule has 1 fully saturated rings. The molecule has 3 aromatic rings. The number of hydrogen-bond donors (Lipinski definition) is 2. The zero-order valence-electron chi connectivity index (χ0n) is 21.5. The minimum absolute atomic E-state index is 0.0575. The Morgan fingerprint density at radius 2 is 1.72 bits per heavy atom.